The molecular weight excluding hydrogens is 370 g/mol. The molecule has 0 fully saturated rings. The lowest BCUT2D eigenvalue weighted by atomic mass is 10.1. The summed E-state index contributed by atoms with van der Waals surface area (Å²) in [5, 5.41) is 3.37. The summed E-state index contributed by atoms with van der Waals surface area (Å²) in [4.78, 5) is 4.35. The van der Waals surface area contributed by atoms with Crippen molar-refractivity contribution in [1.82, 2.24) is 4.98 Å². The van der Waals surface area contributed by atoms with Gasteiger partial charge in [-0.05, 0) is 49.9 Å². The van der Waals surface area contributed by atoms with Crippen molar-refractivity contribution in [1.29, 1.82) is 0 Å². The molecule has 1 heterocycles. The summed E-state index contributed by atoms with van der Waals surface area (Å²) in [5.41, 5.74) is 7.10. The number of rotatable bonds is 5. The van der Waals surface area contributed by atoms with Gasteiger partial charge < -0.3 is 11.1 Å². The Morgan fingerprint density at radius 1 is 1.21 bits per heavy atom. The topological polar surface area (TPSA) is 50.9 Å². The average Bonchev–Trinajstić information content (AvgIpc) is 2.42. The van der Waals surface area contributed by atoms with Crippen LogP contribution in [0.3, 0.4) is 0 Å². The Bertz CT molecular complexity index is 531. The van der Waals surface area contributed by atoms with Crippen LogP contribution >= 0.6 is 31.9 Å². The zero-order valence-corrected chi connectivity index (χ0v) is 13.5. The number of hydrogen-bond donors (Lipinski definition) is 2. The van der Waals surface area contributed by atoms with Gasteiger partial charge in [0.2, 0.25) is 0 Å². The summed E-state index contributed by atoms with van der Waals surface area (Å²) < 4.78 is 1.87. The van der Waals surface area contributed by atoms with Gasteiger partial charge in [0.25, 0.3) is 0 Å². The van der Waals surface area contributed by atoms with Crippen molar-refractivity contribution in [2.45, 2.75) is 12.5 Å². The number of pyridine rings is 1. The van der Waals surface area contributed by atoms with Crippen molar-refractivity contribution < 1.29 is 0 Å². The van der Waals surface area contributed by atoms with Gasteiger partial charge in [0.05, 0.1) is 4.47 Å². The third-order valence-corrected chi connectivity index (χ3v) is 3.80. The zero-order chi connectivity index (χ0) is 13.7. The largest absolute Gasteiger partial charge is 0.365 e. The number of nitrogens with zero attached hydrogens (tertiary/aromatic N) is 1. The van der Waals surface area contributed by atoms with Gasteiger partial charge in [-0.25, -0.2) is 4.98 Å². The number of aromatic nitrogens is 1. The molecule has 19 heavy (non-hydrogen) atoms. The van der Waals surface area contributed by atoms with E-state index in [2.05, 4.69) is 54.3 Å². The van der Waals surface area contributed by atoms with Crippen LogP contribution in [0.1, 0.15) is 5.56 Å². The van der Waals surface area contributed by atoms with E-state index in [1.54, 1.807) is 6.20 Å². The van der Waals surface area contributed by atoms with Crippen LogP contribution in [-0.2, 0) is 6.42 Å². The highest BCUT2D eigenvalue weighted by Crippen LogP contribution is 2.24. The van der Waals surface area contributed by atoms with Gasteiger partial charge in [-0.15, -0.1) is 0 Å². The normalized spacial score (nSPS) is 12.2. The van der Waals surface area contributed by atoms with Crippen LogP contribution in [0.25, 0.3) is 0 Å². The second kappa shape index (κ2) is 7.03. The minimum Gasteiger partial charge on any atom is -0.365 e. The summed E-state index contributed by atoms with van der Waals surface area (Å²) >= 11 is 6.88. The van der Waals surface area contributed by atoms with Crippen LogP contribution in [0.2, 0.25) is 0 Å². The van der Waals surface area contributed by atoms with Crippen molar-refractivity contribution >= 4 is 37.7 Å². The molecule has 0 aliphatic rings. The number of nitrogens with one attached hydrogen (secondary N) is 1. The molecule has 0 bridgehead atoms. The van der Waals surface area contributed by atoms with E-state index in [1.807, 2.05) is 24.3 Å². The first kappa shape index (κ1) is 14.5. The third-order valence-electron chi connectivity index (χ3n) is 2.76. The number of benzene rings is 1. The lowest BCUT2D eigenvalue weighted by molar-refractivity contribution is 0.719. The Balaban J connectivity index is 2.06. The SMILES string of the molecule is NCC(Cc1ccccc1)Nc1ncc(Br)cc1Br. The molecule has 1 aromatic heterocycles. The van der Waals surface area contributed by atoms with E-state index in [4.69, 9.17) is 5.73 Å². The van der Waals surface area contributed by atoms with Crippen LogP contribution in [0.4, 0.5) is 5.82 Å². The van der Waals surface area contributed by atoms with Crippen molar-refractivity contribution in [3.63, 3.8) is 0 Å². The van der Waals surface area contributed by atoms with Crippen molar-refractivity contribution in [3.05, 3.63) is 57.1 Å². The molecule has 5 heteroatoms. The molecular formula is C14H15Br2N3. The Morgan fingerprint density at radius 2 is 1.95 bits per heavy atom. The van der Waals surface area contributed by atoms with Crippen LogP contribution in [-0.4, -0.2) is 17.6 Å². The van der Waals surface area contributed by atoms with Crippen LogP contribution in [0, 0.1) is 0 Å². The molecule has 3 N–H and O–H groups in total. The predicted octanol–water partition coefficient (Wildman–Crippen LogP) is 3.59. The average molecular weight is 385 g/mol. The zero-order valence-electron chi connectivity index (χ0n) is 10.3. The van der Waals surface area contributed by atoms with Crippen LogP contribution in [0.5, 0.6) is 0 Å². The summed E-state index contributed by atoms with van der Waals surface area (Å²) in [5.74, 6) is 0.814. The molecule has 1 atom stereocenters. The maximum atomic E-state index is 5.83. The van der Waals surface area contributed by atoms with Gasteiger partial charge in [-0.2, -0.15) is 0 Å². The van der Waals surface area contributed by atoms with Crippen molar-refractivity contribution in [2.24, 2.45) is 5.73 Å². The molecule has 3 nitrogen and oxygen atoms in total. The smallest absolute Gasteiger partial charge is 0.140 e. The second-order valence-corrected chi connectivity index (χ2v) is 6.02. The van der Waals surface area contributed by atoms with Crippen molar-refractivity contribution in [2.75, 3.05) is 11.9 Å². The molecule has 0 aliphatic carbocycles. The molecule has 0 radical (unpaired) electrons. The maximum absolute atomic E-state index is 5.83. The quantitative estimate of drug-likeness (QED) is 0.828. The second-order valence-electron chi connectivity index (χ2n) is 4.25. The van der Waals surface area contributed by atoms with Gasteiger partial charge in [0, 0.05) is 23.3 Å². The van der Waals surface area contributed by atoms with E-state index in [1.165, 1.54) is 5.56 Å². The number of anilines is 1. The molecule has 0 saturated carbocycles. The number of nitrogens with two attached hydrogens (primary N) is 1. The Labute approximate surface area is 129 Å². The summed E-state index contributed by atoms with van der Waals surface area (Å²) in [6, 6.07) is 12.4. The van der Waals surface area contributed by atoms with Crippen LogP contribution < -0.4 is 11.1 Å². The minimum absolute atomic E-state index is 0.160. The molecule has 2 rings (SSSR count). The van der Waals surface area contributed by atoms with E-state index >= 15 is 0 Å². The van der Waals surface area contributed by atoms with Gasteiger partial charge in [-0.1, -0.05) is 30.3 Å². The molecule has 2 aromatic rings. The van der Waals surface area contributed by atoms with E-state index in [0.29, 0.717) is 6.54 Å². The lowest BCUT2D eigenvalue weighted by Gasteiger charge is -2.18. The molecule has 1 unspecified atom stereocenters. The Kier molecular flexibility index (Phi) is 5.36. The summed E-state index contributed by atoms with van der Waals surface area (Å²) in [7, 11) is 0. The van der Waals surface area contributed by atoms with E-state index < -0.39 is 0 Å². The van der Waals surface area contributed by atoms with E-state index in [-0.39, 0.29) is 6.04 Å². The van der Waals surface area contributed by atoms with Gasteiger partial charge in [-0.3, -0.25) is 0 Å². The molecule has 1 aromatic carbocycles. The summed E-state index contributed by atoms with van der Waals surface area (Å²) in [6.07, 6.45) is 2.64. The first-order valence-corrected chi connectivity index (χ1v) is 7.59. The van der Waals surface area contributed by atoms with E-state index in [0.717, 1.165) is 21.2 Å². The fourth-order valence-electron chi connectivity index (χ4n) is 1.81. The first-order valence-electron chi connectivity index (χ1n) is 6.00. The summed E-state index contributed by atoms with van der Waals surface area (Å²) in [6.45, 7) is 0.555. The fraction of sp³-hybridized carbons (Fsp3) is 0.214. The van der Waals surface area contributed by atoms with E-state index in [9.17, 15) is 0 Å². The van der Waals surface area contributed by atoms with Gasteiger partial charge >= 0.3 is 0 Å². The van der Waals surface area contributed by atoms with Gasteiger partial charge in [0.1, 0.15) is 5.82 Å². The third kappa shape index (κ3) is 4.30. The minimum atomic E-state index is 0.160. The molecule has 0 aliphatic heterocycles. The first-order chi connectivity index (χ1) is 9.19. The highest BCUT2D eigenvalue weighted by atomic mass is 79.9. The lowest BCUT2D eigenvalue weighted by Crippen LogP contribution is -2.31. The van der Waals surface area contributed by atoms with Crippen LogP contribution in [0.15, 0.2) is 51.5 Å². The number of halogens is 2. The Morgan fingerprint density at radius 3 is 2.58 bits per heavy atom. The molecule has 0 saturated heterocycles. The Hall–Kier alpha value is -0.910. The predicted molar refractivity (Wildman–Crippen MR) is 86.2 cm³/mol. The monoisotopic (exact) mass is 383 g/mol. The molecule has 100 valence electrons. The molecule has 0 spiro atoms. The maximum Gasteiger partial charge on any atom is 0.140 e. The molecule has 0 amide bonds. The fourth-order valence-corrected chi connectivity index (χ4v) is 2.91. The highest BCUT2D eigenvalue weighted by Gasteiger charge is 2.10. The standard InChI is InChI=1S/C14H15Br2N3/c15-11-7-13(16)14(18-9-11)19-12(8-17)6-10-4-2-1-3-5-10/h1-5,7,9,12H,6,8,17H2,(H,18,19). The highest BCUT2D eigenvalue weighted by molar-refractivity contribution is 9.11. The number of hydrogen-bond acceptors (Lipinski definition) is 3. The van der Waals surface area contributed by atoms with Crippen molar-refractivity contribution in [3.8, 4) is 0 Å². The van der Waals surface area contributed by atoms with Gasteiger partial charge in [0.15, 0.2) is 0 Å².